The van der Waals surface area contributed by atoms with Crippen LogP contribution in [0.2, 0.25) is 0 Å². The summed E-state index contributed by atoms with van der Waals surface area (Å²) in [6, 6.07) is 23.5. The number of benzene rings is 3. The summed E-state index contributed by atoms with van der Waals surface area (Å²) in [7, 11) is 1.63. The number of carbonyl (C=O) groups excluding carboxylic acids is 3. The van der Waals surface area contributed by atoms with Gasteiger partial charge in [0.1, 0.15) is 0 Å². The number of methoxy groups -OCH3 is 1. The van der Waals surface area contributed by atoms with Crippen molar-refractivity contribution in [1.82, 2.24) is 20.9 Å². The standard InChI is InChI=1S/C37H45N5O4/c1-25(2)22-40-35(43)26(3)39-23-32(17-27-11-6-5-7-12-27)41-36(44)30-18-29(34-15-9-8-13-28(34)21-38)19-31(20-30)37(45)42-16-10-14-33(42)24-46-4/h5-9,11-13,15,18-20,25-26,32-33,39H,10,14,16-17,22-24H2,1-4H3,(H,40,43)(H,41,44)/t26-,32-,33+/m0/s1. The molecule has 3 aromatic rings. The van der Waals surface area contributed by atoms with Crippen LogP contribution < -0.4 is 16.0 Å². The van der Waals surface area contributed by atoms with E-state index in [0.29, 0.717) is 66.4 Å². The first-order chi connectivity index (χ1) is 22.2. The van der Waals surface area contributed by atoms with E-state index < -0.39 is 6.04 Å². The summed E-state index contributed by atoms with van der Waals surface area (Å²) in [6.07, 6.45) is 2.27. The molecule has 0 unspecified atom stereocenters. The number of hydrogen-bond acceptors (Lipinski definition) is 6. The minimum absolute atomic E-state index is 0.0362. The van der Waals surface area contributed by atoms with Crippen LogP contribution in [-0.2, 0) is 16.0 Å². The van der Waals surface area contributed by atoms with Gasteiger partial charge in [0, 0.05) is 43.9 Å². The third-order valence-electron chi connectivity index (χ3n) is 8.21. The quantitative estimate of drug-likeness (QED) is 0.242. The van der Waals surface area contributed by atoms with E-state index in [4.69, 9.17) is 4.74 Å². The smallest absolute Gasteiger partial charge is 0.254 e. The number of amides is 3. The van der Waals surface area contributed by atoms with Gasteiger partial charge in [-0.05, 0) is 73.1 Å². The molecular weight excluding hydrogens is 578 g/mol. The van der Waals surface area contributed by atoms with E-state index in [2.05, 4.69) is 22.0 Å². The molecule has 0 radical (unpaired) electrons. The molecule has 0 aliphatic carbocycles. The Labute approximate surface area is 272 Å². The van der Waals surface area contributed by atoms with Gasteiger partial charge >= 0.3 is 0 Å². The lowest BCUT2D eigenvalue weighted by Gasteiger charge is -2.25. The molecule has 0 aromatic heterocycles. The fourth-order valence-corrected chi connectivity index (χ4v) is 5.72. The topological polar surface area (TPSA) is 124 Å². The Kier molecular flexibility index (Phi) is 12.5. The zero-order valence-corrected chi connectivity index (χ0v) is 27.2. The third-order valence-corrected chi connectivity index (χ3v) is 8.21. The van der Waals surface area contributed by atoms with Gasteiger partial charge in [-0.3, -0.25) is 14.4 Å². The van der Waals surface area contributed by atoms with Crippen LogP contribution in [-0.4, -0.2) is 74.1 Å². The average Bonchev–Trinajstić information content (AvgIpc) is 3.54. The molecule has 9 nitrogen and oxygen atoms in total. The number of likely N-dealkylation sites (tertiary alicyclic amines) is 1. The maximum absolute atomic E-state index is 14.0. The molecule has 9 heteroatoms. The van der Waals surface area contributed by atoms with E-state index in [1.165, 1.54) is 0 Å². The van der Waals surface area contributed by atoms with Crippen molar-refractivity contribution in [2.75, 3.05) is 33.4 Å². The van der Waals surface area contributed by atoms with Crippen molar-refractivity contribution >= 4 is 17.7 Å². The first-order valence-corrected chi connectivity index (χ1v) is 16.0. The van der Waals surface area contributed by atoms with Crippen LogP contribution in [0.4, 0.5) is 0 Å². The van der Waals surface area contributed by atoms with E-state index in [1.54, 1.807) is 44.4 Å². The molecule has 3 N–H and O–H groups in total. The van der Waals surface area contributed by atoms with E-state index in [9.17, 15) is 19.6 Å². The van der Waals surface area contributed by atoms with Crippen LogP contribution in [0, 0.1) is 17.2 Å². The lowest BCUT2D eigenvalue weighted by atomic mass is 9.95. The van der Waals surface area contributed by atoms with Crippen molar-refractivity contribution in [3.8, 4) is 17.2 Å². The first kappa shape index (κ1) is 34.4. The molecule has 1 heterocycles. The molecular formula is C37H45N5O4. The summed E-state index contributed by atoms with van der Waals surface area (Å²) in [5.41, 5.74) is 3.45. The minimum atomic E-state index is -0.454. The molecule has 3 aromatic carbocycles. The van der Waals surface area contributed by atoms with Crippen molar-refractivity contribution in [1.29, 1.82) is 5.26 Å². The fraction of sp³-hybridized carbons (Fsp3) is 0.405. The van der Waals surface area contributed by atoms with Crippen molar-refractivity contribution in [2.45, 2.75) is 58.2 Å². The van der Waals surface area contributed by atoms with Crippen molar-refractivity contribution in [2.24, 2.45) is 5.92 Å². The van der Waals surface area contributed by atoms with Crippen LogP contribution in [0.25, 0.3) is 11.1 Å². The summed E-state index contributed by atoms with van der Waals surface area (Å²) in [5, 5.41) is 19.2. The maximum atomic E-state index is 14.0. The second-order valence-electron chi connectivity index (χ2n) is 12.3. The van der Waals surface area contributed by atoms with Crippen LogP contribution in [0.15, 0.2) is 72.8 Å². The average molecular weight is 624 g/mol. The first-order valence-electron chi connectivity index (χ1n) is 16.0. The lowest BCUT2D eigenvalue weighted by Crippen LogP contribution is -2.50. The SMILES string of the molecule is COC[C@H]1CCCN1C(=O)c1cc(C(=O)N[C@H](CN[C@@H](C)C(=O)NCC(C)C)Cc2ccccc2)cc(-c2ccccc2C#N)c1. The number of hydrogen-bond donors (Lipinski definition) is 3. The van der Waals surface area contributed by atoms with Gasteiger partial charge in [0.2, 0.25) is 5.91 Å². The second-order valence-corrected chi connectivity index (χ2v) is 12.3. The van der Waals surface area contributed by atoms with Crippen LogP contribution in [0.3, 0.4) is 0 Å². The number of nitrogens with zero attached hydrogens (tertiary/aromatic N) is 2. The van der Waals surface area contributed by atoms with Gasteiger partial charge in [-0.25, -0.2) is 0 Å². The Morgan fingerprint density at radius 3 is 2.41 bits per heavy atom. The van der Waals surface area contributed by atoms with E-state index in [-0.39, 0.29) is 29.8 Å². The highest BCUT2D eigenvalue weighted by Gasteiger charge is 2.30. The summed E-state index contributed by atoms with van der Waals surface area (Å²) >= 11 is 0. The Bertz CT molecular complexity index is 1530. The number of rotatable bonds is 14. The Hall–Kier alpha value is -4.52. The summed E-state index contributed by atoms with van der Waals surface area (Å²) in [6.45, 7) is 7.89. The van der Waals surface area contributed by atoms with Gasteiger partial charge < -0.3 is 25.6 Å². The molecule has 46 heavy (non-hydrogen) atoms. The molecule has 3 amide bonds. The van der Waals surface area contributed by atoms with Gasteiger partial charge in [0.25, 0.3) is 11.8 Å². The van der Waals surface area contributed by atoms with Crippen molar-refractivity contribution < 1.29 is 19.1 Å². The zero-order chi connectivity index (χ0) is 33.1. The monoisotopic (exact) mass is 623 g/mol. The summed E-state index contributed by atoms with van der Waals surface area (Å²) < 4.78 is 5.37. The highest BCUT2D eigenvalue weighted by Crippen LogP contribution is 2.28. The Morgan fingerprint density at radius 2 is 1.70 bits per heavy atom. The van der Waals surface area contributed by atoms with Crippen molar-refractivity contribution in [3.63, 3.8) is 0 Å². The molecule has 242 valence electrons. The number of carbonyl (C=O) groups is 3. The normalized spacial score (nSPS) is 15.7. The van der Waals surface area contributed by atoms with E-state index in [1.807, 2.05) is 61.2 Å². The molecule has 1 aliphatic heterocycles. The van der Waals surface area contributed by atoms with E-state index >= 15 is 0 Å². The fourth-order valence-electron chi connectivity index (χ4n) is 5.72. The summed E-state index contributed by atoms with van der Waals surface area (Å²) in [5.74, 6) is -0.280. The Balaban J connectivity index is 1.63. The Morgan fingerprint density at radius 1 is 0.978 bits per heavy atom. The van der Waals surface area contributed by atoms with E-state index in [0.717, 1.165) is 18.4 Å². The van der Waals surface area contributed by atoms with Gasteiger partial charge in [-0.1, -0.05) is 62.4 Å². The molecule has 1 aliphatic rings. The molecule has 0 bridgehead atoms. The van der Waals surface area contributed by atoms with Crippen LogP contribution in [0.5, 0.6) is 0 Å². The molecule has 0 spiro atoms. The number of nitrogens with one attached hydrogen (secondary N) is 3. The second kappa shape index (κ2) is 16.7. The third kappa shape index (κ3) is 9.25. The van der Waals surface area contributed by atoms with Crippen LogP contribution in [0.1, 0.15) is 65.5 Å². The summed E-state index contributed by atoms with van der Waals surface area (Å²) in [4.78, 5) is 42.3. The maximum Gasteiger partial charge on any atom is 0.254 e. The minimum Gasteiger partial charge on any atom is -0.383 e. The lowest BCUT2D eigenvalue weighted by molar-refractivity contribution is -0.122. The molecule has 3 atom stereocenters. The van der Waals surface area contributed by atoms with Gasteiger partial charge in [0.05, 0.1) is 30.3 Å². The van der Waals surface area contributed by atoms with Gasteiger partial charge in [0.15, 0.2) is 0 Å². The number of ether oxygens (including phenoxy) is 1. The molecule has 1 fully saturated rings. The predicted octanol–water partition coefficient (Wildman–Crippen LogP) is 4.57. The molecule has 1 saturated heterocycles. The largest absolute Gasteiger partial charge is 0.383 e. The predicted molar refractivity (Wildman–Crippen MR) is 179 cm³/mol. The zero-order valence-electron chi connectivity index (χ0n) is 27.2. The highest BCUT2D eigenvalue weighted by atomic mass is 16.5. The van der Waals surface area contributed by atoms with Crippen LogP contribution >= 0.6 is 0 Å². The number of nitriles is 1. The van der Waals surface area contributed by atoms with Crippen molar-refractivity contribution in [3.05, 3.63) is 95.1 Å². The molecule has 0 saturated carbocycles. The van der Waals surface area contributed by atoms with Gasteiger partial charge in [-0.2, -0.15) is 5.26 Å². The van der Waals surface area contributed by atoms with Gasteiger partial charge in [-0.15, -0.1) is 0 Å². The highest BCUT2D eigenvalue weighted by molar-refractivity contribution is 6.02. The molecule has 4 rings (SSSR count).